The molecule has 0 saturated heterocycles. The predicted molar refractivity (Wildman–Crippen MR) is 72.3 cm³/mol. The Labute approximate surface area is 121 Å². The fourth-order valence-corrected chi connectivity index (χ4v) is 2.60. The lowest BCUT2D eigenvalue weighted by Crippen LogP contribution is -2.29. The predicted octanol–water partition coefficient (Wildman–Crippen LogP) is 0.453. The molecule has 20 heavy (non-hydrogen) atoms. The maximum Gasteiger partial charge on any atom is 0.337 e. The molecule has 1 aromatic carbocycles. The van der Waals surface area contributed by atoms with Crippen molar-refractivity contribution in [1.29, 1.82) is 0 Å². The number of halogens is 1. The van der Waals surface area contributed by atoms with Crippen molar-refractivity contribution in [2.75, 3.05) is 13.6 Å². The van der Waals surface area contributed by atoms with E-state index in [1.165, 1.54) is 19.2 Å². The number of hydrogen-bond donors (Lipinski definition) is 3. The van der Waals surface area contributed by atoms with Gasteiger partial charge in [-0.05, 0) is 18.2 Å². The van der Waals surface area contributed by atoms with E-state index in [-0.39, 0.29) is 34.4 Å². The second-order valence-electron chi connectivity index (χ2n) is 3.77. The third-order valence-corrected chi connectivity index (χ3v) is 4.19. The highest BCUT2D eigenvalue weighted by molar-refractivity contribution is 7.89. The molecule has 0 unspecified atom stereocenters. The molecule has 0 aliphatic carbocycles. The van der Waals surface area contributed by atoms with Gasteiger partial charge in [0.1, 0.15) is 0 Å². The maximum atomic E-state index is 11.9. The van der Waals surface area contributed by atoms with Gasteiger partial charge in [0, 0.05) is 20.0 Å². The molecule has 1 aromatic rings. The second kappa shape index (κ2) is 6.69. The lowest BCUT2D eigenvalue weighted by atomic mass is 10.2. The Hall–Kier alpha value is -1.64. The van der Waals surface area contributed by atoms with Crippen molar-refractivity contribution in [1.82, 2.24) is 10.0 Å². The number of amides is 1. The van der Waals surface area contributed by atoms with Gasteiger partial charge in [-0.3, -0.25) is 4.79 Å². The molecule has 0 bridgehead atoms. The summed E-state index contributed by atoms with van der Waals surface area (Å²) < 4.78 is 26.0. The van der Waals surface area contributed by atoms with Crippen LogP contribution in [0.15, 0.2) is 23.1 Å². The maximum absolute atomic E-state index is 11.9. The van der Waals surface area contributed by atoms with Crippen LogP contribution in [0.2, 0.25) is 5.02 Å². The lowest BCUT2D eigenvalue weighted by Gasteiger charge is -2.08. The van der Waals surface area contributed by atoms with E-state index in [0.717, 1.165) is 6.07 Å². The number of carboxylic acid groups (broad SMARTS) is 1. The van der Waals surface area contributed by atoms with Crippen LogP contribution in [-0.4, -0.2) is 39.0 Å². The van der Waals surface area contributed by atoms with Gasteiger partial charge < -0.3 is 10.4 Å². The molecule has 0 heterocycles. The topological polar surface area (TPSA) is 113 Å². The first kappa shape index (κ1) is 16.4. The summed E-state index contributed by atoms with van der Waals surface area (Å²) in [4.78, 5) is 21.6. The van der Waals surface area contributed by atoms with Gasteiger partial charge in [0.15, 0.2) is 0 Å². The third-order valence-electron chi connectivity index (χ3n) is 2.40. The van der Waals surface area contributed by atoms with E-state index in [4.69, 9.17) is 16.7 Å². The number of sulfonamides is 1. The van der Waals surface area contributed by atoms with Crippen LogP contribution in [0.4, 0.5) is 0 Å². The van der Waals surface area contributed by atoms with Crippen LogP contribution in [0.1, 0.15) is 16.8 Å². The van der Waals surface area contributed by atoms with Crippen molar-refractivity contribution in [3.05, 3.63) is 28.8 Å². The SMILES string of the molecule is CNC(=O)CCNS(=O)(=O)c1ccc(Cl)c(C(=O)O)c1. The Balaban J connectivity index is 2.90. The number of benzene rings is 1. The van der Waals surface area contributed by atoms with Crippen molar-refractivity contribution in [2.24, 2.45) is 0 Å². The highest BCUT2D eigenvalue weighted by Crippen LogP contribution is 2.20. The monoisotopic (exact) mass is 320 g/mol. The molecular weight excluding hydrogens is 308 g/mol. The number of rotatable bonds is 6. The van der Waals surface area contributed by atoms with Gasteiger partial charge in [-0.2, -0.15) is 0 Å². The molecular formula is C11H13ClN2O5S. The molecule has 0 radical (unpaired) electrons. The van der Waals surface area contributed by atoms with Crippen LogP contribution < -0.4 is 10.0 Å². The molecule has 110 valence electrons. The molecule has 0 aliphatic rings. The molecule has 3 N–H and O–H groups in total. The smallest absolute Gasteiger partial charge is 0.337 e. The second-order valence-corrected chi connectivity index (χ2v) is 5.94. The zero-order valence-corrected chi connectivity index (χ0v) is 12.1. The molecule has 0 atom stereocenters. The fraction of sp³-hybridized carbons (Fsp3) is 0.273. The van der Waals surface area contributed by atoms with Crippen LogP contribution >= 0.6 is 11.6 Å². The summed E-state index contributed by atoms with van der Waals surface area (Å²) in [5.41, 5.74) is -0.305. The van der Waals surface area contributed by atoms with Crippen molar-refractivity contribution in [3.63, 3.8) is 0 Å². The van der Waals surface area contributed by atoms with Crippen LogP contribution in [0.5, 0.6) is 0 Å². The van der Waals surface area contributed by atoms with Gasteiger partial charge in [0.2, 0.25) is 15.9 Å². The van der Waals surface area contributed by atoms with E-state index in [1.54, 1.807) is 0 Å². The Kier molecular flexibility index (Phi) is 5.49. The summed E-state index contributed by atoms with van der Waals surface area (Å²) in [7, 11) is -2.45. The number of carbonyl (C=O) groups is 2. The highest BCUT2D eigenvalue weighted by Gasteiger charge is 2.18. The van der Waals surface area contributed by atoms with Crippen LogP contribution in [0.3, 0.4) is 0 Å². The minimum absolute atomic E-state index is 0.0187. The first-order valence-corrected chi connectivity index (χ1v) is 7.37. The summed E-state index contributed by atoms with van der Waals surface area (Å²) in [6.45, 7) is -0.0902. The Bertz CT molecular complexity index is 630. The summed E-state index contributed by atoms with van der Waals surface area (Å²) in [6, 6.07) is 3.35. The normalized spacial score (nSPS) is 11.1. The molecule has 0 fully saturated rings. The van der Waals surface area contributed by atoms with Crippen LogP contribution in [0, 0.1) is 0 Å². The average molecular weight is 321 g/mol. The fourth-order valence-electron chi connectivity index (χ4n) is 1.34. The summed E-state index contributed by atoms with van der Waals surface area (Å²) in [5.74, 6) is -1.63. The van der Waals surface area contributed by atoms with E-state index in [9.17, 15) is 18.0 Å². The average Bonchev–Trinajstić information content (AvgIpc) is 2.38. The van der Waals surface area contributed by atoms with Gasteiger partial charge in [-0.15, -0.1) is 0 Å². The van der Waals surface area contributed by atoms with Crippen LogP contribution in [-0.2, 0) is 14.8 Å². The molecule has 0 saturated carbocycles. The first-order chi connectivity index (χ1) is 9.27. The van der Waals surface area contributed by atoms with Gasteiger partial charge in [0.05, 0.1) is 15.5 Å². The summed E-state index contributed by atoms with van der Waals surface area (Å²) in [5, 5.41) is 11.2. The molecule has 0 aliphatic heterocycles. The number of hydrogen-bond acceptors (Lipinski definition) is 4. The zero-order chi connectivity index (χ0) is 15.3. The number of carbonyl (C=O) groups excluding carboxylic acids is 1. The van der Waals surface area contributed by atoms with Crippen molar-refractivity contribution >= 4 is 33.5 Å². The lowest BCUT2D eigenvalue weighted by molar-refractivity contribution is -0.120. The summed E-state index contributed by atoms with van der Waals surface area (Å²) in [6.07, 6.45) is -0.0187. The number of carboxylic acids is 1. The van der Waals surface area contributed by atoms with Gasteiger partial charge in [-0.25, -0.2) is 17.9 Å². The molecule has 1 amide bonds. The number of aromatic carboxylic acids is 1. The van der Waals surface area contributed by atoms with Crippen LogP contribution in [0.25, 0.3) is 0 Å². The van der Waals surface area contributed by atoms with Gasteiger partial charge >= 0.3 is 5.97 Å². The van der Waals surface area contributed by atoms with Crippen molar-refractivity contribution in [3.8, 4) is 0 Å². The van der Waals surface area contributed by atoms with Gasteiger partial charge in [-0.1, -0.05) is 11.6 Å². The standard InChI is InChI=1S/C11H13ClN2O5S/c1-13-10(15)4-5-14-20(18,19)7-2-3-9(12)8(6-7)11(16)17/h2-3,6,14H,4-5H2,1H3,(H,13,15)(H,16,17). The Morgan fingerprint density at radius 2 is 2.00 bits per heavy atom. The van der Waals surface area contributed by atoms with Gasteiger partial charge in [0.25, 0.3) is 0 Å². The summed E-state index contributed by atoms with van der Waals surface area (Å²) >= 11 is 5.66. The first-order valence-electron chi connectivity index (χ1n) is 5.51. The molecule has 0 aromatic heterocycles. The third kappa shape index (κ3) is 4.19. The molecule has 0 spiro atoms. The molecule has 7 nitrogen and oxygen atoms in total. The van der Waals surface area contributed by atoms with E-state index in [2.05, 4.69) is 10.0 Å². The minimum Gasteiger partial charge on any atom is -0.478 e. The molecule has 9 heteroatoms. The quantitative estimate of drug-likeness (QED) is 0.704. The van der Waals surface area contributed by atoms with Crippen molar-refractivity contribution in [2.45, 2.75) is 11.3 Å². The highest BCUT2D eigenvalue weighted by atomic mass is 35.5. The van der Waals surface area contributed by atoms with Crippen molar-refractivity contribution < 1.29 is 23.1 Å². The Morgan fingerprint density at radius 3 is 2.55 bits per heavy atom. The van der Waals surface area contributed by atoms with E-state index < -0.39 is 16.0 Å². The largest absolute Gasteiger partial charge is 0.478 e. The minimum atomic E-state index is -3.89. The molecule has 1 rings (SSSR count). The van der Waals surface area contributed by atoms with E-state index >= 15 is 0 Å². The Morgan fingerprint density at radius 1 is 1.35 bits per heavy atom. The van der Waals surface area contributed by atoms with E-state index in [0.29, 0.717) is 0 Å². The van der Waals surface area contributed by atoms with E-state index in [1.807, 2.05) is 0 Å². The zero-order valence-electron chi connectivity index (χ0n) is 10.5. The number of nitrogens with one attached hydrogen (secondary N) is 2.